The van der Waals surface area contributed by atoms with E-state index in [-0.39, 0.29) is 11.9 Å². The first-order valence-corrected chi connectivity index (χ1v) is 8.03. The SMILES string of the molecule is Fc1ccc(Cl)c([C@@H](C2CCCC2)N2CCNCC2)c1. The van der Waals surface area contributed by atoms with Gasteiger partial charge in [0.05, 0.1) is 0 Å². The maximum atomic E-state index is 13.7. The summed E-state index contributed by atoms with van der Waals surface area (Å²) in [5.74, 6) is 0.440. The lowest BCUT2D eigenvalue weighted by molar-refractivity contribution is 0.125. The Hall–Kier alpha value is -0.640. The summed E-state index contributed by atoms with van der Waals surface area (Å²) in [5, 5.41) is 4.10. The number of benzene rings is 1. The number of hydrogen-bond acceptors (Lipinski definition) is 2. The Morgan fingerprint density at radius 3 is 2.60 bits per heavy atom. The second-order valence-electron chi connectivity index (χ2n) is 5.94. The Morgan fingerprint density at radius 1 is 1.20 bits per heavy atom. The predicted molar refractivity (Wildman–Crippen MR) is 80.6 cm³/mol. The quantitative estimate of drug-likeness (QED) is 0.916. The second kappa shape index (κ2) is 6.42. The van der Waals surface area contributed by atoms with E-state index in [1.54, 1.807) is 12.1 Å². The zero-order valence-electron chi connectivity index (χ0n) is 11.7. The van der Waals surface area contributed by atoms with Crippen molar-refractivity contribution >= 4 is 11.6 Å². The molecule has 1 heterocycles. The molecule has 1 aliphatic carbocycles. The summed E-state index contributed by atoms with van der Waals surface area (Å²) in [6.45, 7) is 4.06. The van der Waals surface area contributed by atoms with E-state index in [2.05, 4.69) is 10.2 Å². The lowest BCUT2D eigenvalue weighted by Gasteiger charge is -2.39. The Labute approximate surface area is 125 Å². The van der Waals surface area contributed by atoms with E-state index in [1.165, 1.54) is 31.7 Å². The first-order valence-electron chi connectivity index (χ1n) is 7.65. The van der Waals surface area contributed by atoms with Crippen LogP contribution in [-0.4, -0.2) is 31.1 Å². The highest BCUT2D eigenvalue weighted by Gasteiger charge is 2.33. The average molecular weight is 297 g/mol. The van der Waals surface area contributed by atoms with Gasteiger partial charge < -0.3 is 5.32 Å². The summed E-state index contributed by atoms with van der Waals surface area (Å²) in [6, 6.07) is 5.08. The average Bonchev–Trinajstić information content (AvgIpc) is 2.98. The van der Waals surface area contributed by atoms with Crippen molar-refractivity contribution in [1.29, 1.82) is 0 Å². The van der Waals surface area contributed by atoms with Crippen molar-refractivity contribution in [3.05, 3.63) is 34.6 Å². The standard InChI is InChI=1S/C16H22ClFN2/c17-15-6-5-13(18)11-14(15)16(12-3-1-2-4-12)20-9-7-19-8-10-20/h5-6,11-12,16,19H,1-4,7-10H2/t16-/m1/s1. The maximum absolute atomic E-state index is 13.7. The Kier molecular flexibility index (Phi) is 4.59. The summed E-state index contributed by atoms with van der Waals surface area (Å²) in [6.07, 6.45) is 5.06. The van der Waals surface area contributed by atoms with Crippen LogP contribution in [-0.2, 0) is 0 Å². The van der Waals surface area contributed by atoms with Crippen molar-refractivity contribution in [2.24, 2.45) is 5.92 Å². The third kappa shape index (κ3) is 3.00. The number of rotatable bonds is 3. The molecule has 1 aromatic carbocycles. The van der Waals surface area contributed by atoms with Gasteiger partial charge in [0.1, 0.15) is 5.82 Å². The molecular formula is C16H22ClFN2. The van der Waals surface area contributed by atoms with Gasteiger partial charge in [-0.3, -0.25) is 4.90 Å². The van der Waals surface area contributed by atoms with Gasteiger partial charge in [-0.25, -0.2) is 4.39 Å². The molecule has 1 atom stereocenters. The van der Waals surface area contributed by atoms with Gasteiger partial charge in [-0.2, -0.15) is 0 Å². The van der Waals surface area contributed by atoms with E-state index in [4.69, 9.17) is 11.6 Å². The normalized spacial score (nSPS) is 23.1. The molecule has 0 radical (unpaired) electrons. The largest absolute Gasteiger partial charge is 0.314 e. The third-order valence-corrected chi connectivity index (χ3v) is 5.01. The highest BCUT2D eigenvalue weighted by molar-refractivity contribution is 6.31. The van der Waals surface area contributed by atoms with Crippen LogP contribution in [0.15, 0.2) is 18.2 Å². The summed E-state index contributed by atoms with van der Waals surface area (Å²) in [5.41, 5.74) is 0.987. The van der Waals surface area contributed by atoms with Crippen LogP contribution in [0.25, 0.3) is 0 Å². The van der Waals surface area contributed by atoms with E-state index >= 15 is 0 Å². The van der Waals surface area contributed by atoms with Gasteiger partial charge in [0.15, 0.2) is 0 Å². The first kappa shape index (κ1) is 14.3. The number of nitrogens with zero attached hydrogens (tertiary/aromatic N) is 1. The van der Waals surface area contributed by atoms with E-state index in [9.17, 15) is 4.39 Å². The fourth-order valence-corrected chi connectivity index (χ4v) is 3.95. The Bertz CT molecular complexity index is 454. The summed E-state index contributed by atoms with van der Waals surface area (Å²) in [4.78, 5) is 2.49. The topological polar surface area (TPSA) is 15.3 Å². The number of nitrogens with one attached hydrogen (secondary N) is 1. The smallest absolute Gasteiger partial charge is 0.123 e. The lowest BCUT2D eigenvalue weighted by atomic mass is 9.89. The lowest BCUT2D eigenvalue weighted by Crippen LogP contribution is -2.46. The number of hydrogen-bond donors (Lipinski definition) is 1. The minimum Gasteiger partial charge on any atom is -0.314 e. The monoisotopic (exact) mass is 296 g/mol. The minimum atomic E-state index is -0.178. The first-order chi connectivity index (χ1) is 9.75. The number of halogens is 2. The van der Waals surface area contributed by atoms with E-state index in [0.29, 0.717) is 10.9 Å². The molecule has 4 heteroatoms. The van der Waals surface area contributed by atoms with Gasteiger partial charge in [-0.05, 0) is 42.5 Å². The summed E-state index contributed by atoms with van der Waals surface area (Å²) < 4.78 is 13.7. The molecule has 0 unspecified atom stereocenters. The predicted octanol–water partition coefficient (Wildman–Crippen LogP) is 3.62. The molecular weight excluding hydrogens is 275 g/mol. The zero-order chi connectivity index (χ0) is 13.9. The molecule has 1 aromatic rings. The Balaban J connectivity index is 1.92. The van der Waals surface area contributed by atoms with Crippen LogP contribution < -0.4 is 5.32 Å². The van der Waals surface area contributed by atoms with Crippen LogP contribution in [0.5, 0.6) is 0 Å². The third-order valence-electron chi connectivity index (χ3n) is 4.67. The van der Waals surface area contributed by atoms with E-state index in [0.717, 1.165) is 31.7 Å². The van der Waals surface area contributed by atoms with Crippen LogP contribution in [0.4, 0.5) is 4.39 Å². The van der Waals surface area contributed by atoms with E-state index < -0.39 is 0 Å². The molecule has 1 N–H and O–H groups in total. The second-order valence-corrected chi connectivity index (χ2v) is 6.35. The van der Waals surface area contributed by atoms with Gasteiger partial charge in [0.2, 0.25) is 0 Å². The molecule has 2 fully saturated rings. The van der Waals surface area contributed by atoms with E-state index in [1.807, 2.05) is 0 Å². The highest BCUT2D eigenvalue weighted by Crippen LogP contribution is 2.42. The van der Waals surface area contributed by atoms with Crippen LogP contribution in [0.3, 0.4) is 0 Å². The molecule has 110 valence electrons. The molecule has 0 spiro atoms. The van der Waals surface area contributed by atoms with Gasteiger partial charge in [0.25, 0.3) is 0 Å². The fourth-order valence-electron chi connectivity index (χ4n) is 3.72. The molecule has 1 aliphatic heterocycles. The van der Waals surface area contributed by atoms with Crippen molar-refractivity contribution in [3.8, 4) is 0 Å². The van der Waals surface area contributed by atoms with Crippen molar-refractivity contribution in [3.63, 3.8) is 0 Å². The van der Waals surface area contributed by atoms with Crippen molar-refractivity contribution in [1.82, 2.24) is 10.2 Å². The van der Waals surface area contributed by atoms with Gasteiger partial charge >= 0.3 is 0 Å². The molecule has 3 rings (SSSR count). The van der Waals surface area contributed by atoms with Crippen molar-refractivity contribution in [2.75, 3.05) is 26.2 Å². The van der Waals surface area contributed by atoms with Crippen molar-refractivity contribution in [2.45, 2.75) is 31.7 Å². The molecule has 0 aromatic heterocycles. The summed E-state index contributed by atoms with van der Waals surface area (Å²) in [7, 11) is 0. The summed E-state index contributed by atoms with van der Waals surface area (Å²) >= 11 is 6.38. The van der Waals surface area contributed by atoms with Crippen LogP contribution in [0.1, 0.15) is 37.3 Å². The van der Waals surface area contributed by atoms with Crippen LogP contribution >= 0.6 is 11.6 Å². The van der Waals surface area contributed by atoms with Gasteiger partial charge in [0, 0.05) is 37.2 Å². The van der Waals surface area contributed by atoms with Crippen LogP contribution in [0.2, 0.25) is 5.02 Å². The molecule has 0 amide bonds. The molecule has 0 bridgehead atoms. The Morgan fingerprint density at radius 2 is 1.90 bits per heavy atom. The van der Waals surface area contributed by atoms with Crippen LogP contribution in [0, 0.1) is 11.7 Å². The molecule has 2 aliphatic rings. The molecule has 2 nitrogen and oxygen atoms in total. The van der Waals surface area contributed by atoms with Gasteiger partial charge in [-0.1, -0.05) is 24.4 Å². The molecule has 1 saturated carbocycles. The van der Waals surface area contributed by atoms with Gasteiger partial charge in [-0.15, -0.1) is 0 Å². The minimum absolute atomic E-state index is 0.178. The molecule has 1 saturated heterocycles. The fraction of sp³-hybridized carbons (Fsp3) is 0.625. The zero-order valence-corrected chi connectivity index (χ0v) is 12.5. The maximum Gasteiger partial charge on any atom is 0.123 e. The van der Waals surface area contributed by atoms with Crippen molar-refractivity contribution < 1.29 is 4.39 Å². The highest BCUT2D eigenvalue weighted by atomic mass is 35.5. The number of piperazine rings is 1. The molecule has 20 heavy (non-hydrogen) atoms.